The van der Waals surface area contributed by atoms with E-state index in [1.54, 1.807) is 0 Å². The zero-order chi connectivity index (χ0) is 18.0. The van der Waals surface area contributed by atoms with Crippen LogP contribution in [-0.4, -0.2) is 35.8 Å². The molecule has 1 aromatic rings. The minimum absolute atomic E-state index is 0.190. The van der Waals surface area contributed by atoms with E-state index >= 15 is 0 Å². The molecule has 0 bridgehead atoms. The standard InChI is InChI=1S/C20H25NO4/c1-13(12-14-8-4-3-5-9-14)17(20(24)25-2)21-18(22)15-10-6-7-11-16(15)19(21)23/h3-5,8-9,13,15-17H,6-7,10-12H2,1-2H3/t13-,15-,16+,17+/m1/s1. The molecule has 134 valence electrons. The summed E-state index contributed by atoms with van der Waals surface area (Å²) in [6.07, 6.45) is 4.03. The van der Waals surface area contributed by atoms with Gasteiger partial charge < -0.3 is 4.74 Å². The topological polar surface area (TPSA) is 63.7 Å². The normalized spacial score (nSPS) is 25.4. The monoisotopic (exact) mass is 343 g/mol. The van der Waals surface area contributed by atoms with E-state index in [0.717, 1.165) is 31.2 Å². The van der Waals surface area contributed by atoms with Crippen LogP contribution in [0.1, 0.15) is 38.2 Å². The Labute approximate surface area is 148 Å². The summed E-state index contributed by atoms with van der Waals surface area (Å²) in [5.41, 5.74) is 1.07. The van der Waals surface area contributed by atoms with E-state index < -0.39 is 12.0 Å². The lowest BCUT2D eigenvalue weighted by Crippen LogP contribution is -2.50. The summed E-state index contributed by atoms with van der Waals surface area (Å²) in [4.78, 5) is 39.4. The van der Waals surface area contributed by atoms with Crippen LogP contribution >= 0.6 is 0 Å². The number of amides is 2. The number of hydrogen-bond acceptors (Lipinski definition) is 4. The first-order chi connectivity index (χ1) is 12.0. The quantitative estimate of drug-likeness (QED) is 0.609. The Bertz CT molecular complexity index is 633. The first-order valence-corrected chi connectivity index (χ1v) is 9.03. The highest BCUT2D eigenvalue weighted by atomic mass is 16.5. The van der Waals surface area contributed by atoms with Crippen LogP contribution in [0.25, 0.3) is 0 Å². The van der Waals surface area contributed by atoms with Crippen LogP contribution < -0.4 is 0 Å². The summed E-state index contributed by atoms with van der Waals surface area (Å²) in [5.74, 6) is -1.60. The number of nitrogens with zero attached hydrogens (tertiary/aromatic N) is 1. The lowest BCUT2D eigenvalue weighted by atomic mass is 9.81. The number of esters is 1. The third kappa shape index (κ3) is 3.32. The van der Waals surface area contributed by atoms with Gasteiger partial charge in [0.15, 0.2) is 0 Å². The number of rotatable bonds is 5. The smallest absolute Gasteiger partial charge is 0.329 e. The van der Waals surface area contributed by atoms with Crippen LogP contribution in [0.2, 0.25) is 0 Å². The Morgan fingerprint density at radius 3 is 2.20 bits per heavy atom. The molecule has 0 N–H and O–H groups in total. The molecule has 25 heavy (non-hydrogen) atoms. The van der Waals surface area contributed by atoms with E-state index in [4.69, 9.17) is 4.74 Å². The third-order valence-electron chi connectivity index (χ3n) is 5.54. The first kappa shape index (κ1) is 17.6. The number of likely N-dealkylation sites (tertiary alicyclic amines) is 1. The van der Waals surface area contributed by atoms with Crippen molar-refractivity contribution in [2.24, 2.45) is 17.8 Å². The molecule has 5 nitrogen and oxygen atoms in total. The highest BCUT2D eigenvalue weighted by Crippen LogP contribution is 2.40. The maximum Gasteiger partial charge on any atom is 0.329 e. The molecule has 1 aromatic carbocycles. The van der Waals surface area contributed by atoms with Crippen LogP contribution in [0.4, 0.5) is 0 Å². The van der Waals surface area contributed by atoms with Crippen molar-refractivity contribution in [1.82, 2.24) is 4.90 Å². The van der Waals surface area contributed by atoms with Gasteiger partial charge in [-0.2, -0.15) is 0 Å². The number of carbonyl (C=O) groups excluding carboxylic acids is 3. The Morgan fingerprint density at radius 2 is 1.68 bits per heavy atom. The SMILES string of the molecule is COC(=O)[C@H]([C@H](C)Cc1ccccc1)N1C(=O)[C@H]2CCCC[C@H]2C1=O. The number of hydrogen-bond donors (Lipinski definition) is 0. The lowest BCUT2D eigenvalue weighted by molar-refractivity contribution is -0.159. The van der Waals surface area contributed by atoms with E-state index in [-0.39, 0.29) is 29.6 Å². The first-order valence-electron chi connectivity index (χ1n) is 9.03. The molecule has 2 fully saturated rings. The van der Waals surface area contributed by atoms with Gasteiger partial charge in [-0.05, 0) is 30.7 Å². The Morgan fingerprint density at radius 1 is 1.12 bits per heavy atom. The summed E-state index contributed by atoms with van der Waals surface area (Å²) in [7, 11) is 1.31. The fourth-order valence-electron chi connectivity index (χ4n) is 4.27. The van der Waals surface area contributed by atoms with E-state index in [0.29, 0.717) is 6.42 Å². The molecule has 1 saturated carbocycles. The van der Waals surface area contributed by atoms with Gasteiger partial charge in [0.05, 0.1) is 18.9 Å². The molecule has 0 aromatic heterocycles. The number of fused-ring (bicyclic) bond motifs is 1. The fourth-order valence-corrected chi connectivity index (χ4v) is 4.27. The van der Waals surface area contributed by atoms with Crippen LogP contribution in [0, 0.1) is 17.8 Å². The van der Waals surface area contributed by atoms with Gasteiger partial charge in [0.1, 0.15) is 6.04 Å². The van der Waals surface area contributed by atoms with E-state index in [9.17, 15) is 14.4 Å². The molecule has 5 heteroatoms. The summed E-state index contributed by atoms with van der Waals surface area (Å²) in [6, 6.07) is 8.93. The van der Waals surface area contributed by atoms with Gasteiger partial charge >= 0.3 is 5.97 Å². The largest absolute Gasteiger partial charge is 0.467 e. The molecule has 2 amide bonds. The lowest BCUT2D eigenvalue weighted by Gasteiger charge is -2.29. The Kier molecular flexibility index (Phi) is 5.21. The maximum absolute atomic E-state index is 12.9. The molecule has 0 unspecified atom stereocenters. The number of imide groups is 1. The van der Waals surface area contributed by atoms with Crippen LogP contribution in [0.15, 0.2) is 30.3 Å². The van der Waals surface area contributed by atoms with E-state index in [1.165, 1.54) is 12.0 Å². The minimum Gasteiger partial charge on any atom is -0.467 e. The van der Waals surface area contributed by atoms with Crippen molar-refractivity contribution >= 4 is 17.8 Å². The summed E-state index contributed by atoms with van der Waals surface area (Å²) in [6.45, 7) is 1.90. The van der Waals surface area contributed by atoms with Crippen molar-refractivity contribution in [2.45, 2.75) is 45.1 Å². The molecule has 4 atom stereocenters. The number of carbonyl (C=O) groups is 3. The van der Waals surface area contributed by atoms with Crippen molar-refractivity contribution < 1.29 is 19.1 Å². The molecular formula is C20H25NO4. The van der Waals surface area contributed by atoms with Crippen molar-refractivity contribution in [3.63, 3.8) is 0 Å². The summed E-state index contributed by atoms with van der Waals surface area (Å²) in [5, 5.41) is 0. The Balaban J connectivity index is 1.86. The van der Waals surface area contributed by atoms with Crippen molar-refractivity contribution in [3.05, 3.63) is 35.9 Å². The van der Waals surface area contributed by atoms with Crippen molar-refractivity contribution in [2.75, 3.05) is 7.11 Å². The number of benzene rings is 1. The van der Waals surface area contributed by atoms with Gasteiger partial charge in [-0.25, -0.2) is 4.79 Å². The van der Waals surface area contributed by atoms with E-state index in [2.05, 4.69) is 0 Å². The highest BCUT2D eigenvalue weighted by molar-refractivity contribution is 6.08. The summed E-state index contributed by atoms with van der Waals surface area (Å²) >= 11 is 0. The average Bonchev–Trinajstić information content (AvgIpc) is 2.88. The molecular weight excluding hydrogens is 318 g/mol. The van der Waals surface area contributed by atoms with Gasteiger partial charge in [0, 0.05) is 0 Å². The van der Waals surface area contributed by atoms with Crippen molar-refractivity contribution in [1.29, 1.82) is 0 Å². The molecule has 2 aliphatic rings. The van der Waals surface area contributed by atoms with Crippen molar-refractivity contribution in [3.8, 4) is 0 Å². The average molecular weight is 343 g/mol. The molecule has 0 spiro atoms. The predicted molar refractivity (Wildman–Crippen MR) is 92.4 cm³/mol. The number of ether oxygens (including phenoxy) is 1. The Hall–Kier alpha value is -2.17. The van der Waals surface area contributed by atoms with Gasteiger partial charge in [-0.15, -0.1) is 0 Å². The second-order valence-corrected chi connectivity index (χ2v) is 7.18. The number of methoxy groups -OCH3 is 1. The van der Waals surface area contributed by atoms with Crippen LogP contribution in [-0.2, 0) is 25.5 Å². The van der Waals surface area contributed by atoms with Gasteiger partial charge in [-0.3, -0.25) is 14.5 Å². The highest BCUT2D eigenvalue weighted by Gasteiger charge is 2.53. The second kappa shape index (κ2) is 7.38. The van der Waals surface area contributed by atoms with Crippen LogP contribution in [0.3, 0.4) is 0 Å². The second-order valence-electron chi connectivity index (χ2n) is 7.18. The zero-order valence-corrected chi connectivity index (χ0v) is 14.8. The predicted octanol–water partition coefficient (Wildman–Crippen LogP) is 2.58. The molecule has 1 aliphatic carbocycles. The third-order valence-corrected chi connectivity index (χ3v) is 5.54. The van der Waals surface area contributed by atoms with Gasteiger partial charge in [0.2, 0.25) is 11.8 Å². The maximum atomic E-state index is 12.9. The molecule has 1 aliphatic heterocycles. The molecule has 3 rings (SSSR count). The minimum atomic E-state index is -0.851. The molecule has 0 radical (unpaired) electrons. The van der Waals surface area contributed by atoms with Gasteiger partial charge in [-0.1, -0.05) is 50.1 Å². The summed E-state index contributed by atoms with van der Waals surface area (Å²) < 4.78 is 4.95. The van der Waals surface area contributed by atoms with Crippen LogP contribution in [0.5, 0.6) is 0 Å². The van der Waals surface area contributed by atoms with Gasteiger partial charge in [0.25, 0.3) is 0 Å². The van der Waals surface area contributed by atoms with E-state index in [1.807, 2.05) is 37.3 Å². The zero-order valence-electron chi connectivity index (χ0n) is 14.8. The molecule has 1 saturated heterocycles. The fraction of sp³-hybridized carbons (Fsp3) is 0.550. The molecule has 1 heterocycles.